The Kier molecular flexibility index (Phi) is 10.3. The molecule has 0 aliphatic carbocycles. The van der Waals surface area contributed by atoms with Gasteiger partial charge in [-0.05, 0) is 74.4 Å². The Balaban J connectivity index is 1.14. The van der Waals surface area contributed by atoms with Crippen molar-refractivity contribution in [1.82, 2.24) is 19.7 Å². The maximum absolute atomic E-state index is 12.1. The quantitative estimate of drug-likeness (QED) is 0.105. The van der Waals surface area contributed by atoms with Gasteiger partial charge >= 0.3 is 5.97 Å². The minimum Gasteiger partial charge on any atom is -0.493 e. The van der Waals surface area contributed by atoms with Crippen LogP contribution < -0.4 is 14.2 Å². The monoisotopic (exact) mass is 682 g/mol. The summed E-state index contributed by atoms with van der Waals surface area (Å²) in [6.45, 7) is 6.45. The summed E-state index contributed by atoms with van der Waals surface area (Å²) in [5, 5.41) is 7.87. The van der Waals surface area contributed by atoms with Crippen LogP contribution in [0.15, 0.2) is 76.7 Å². The highest BCUT2D eigenvalue weighted by atomic mass is 32.1. The van der Waals surface area contributed by atoms with Crippen LogP contribution in [-0.2, 0) is 24.4 Å². The largest absolute Gasteiger partial charge is 0.493 e. The predicted octanol–water partition coefficient (Wildman–Crippen LogP) is 8.43. The van der Waals surface area contributed by atoms with Crippen LogP contribution in [0.25, 0.3) is 28.6 Å². The minimum atomic E-state index is -0.363. The Morgan fingerprint density at radius 1 is 0.979 bits per heavy atom. The summed E-state index contributed by atoms with van der Waals surface area (Å²) in [4.78, 5) is 22.5. The van der Waals surface area contributed by atoms with Crippen LogP contribution in [0.2, 0.25) is 0 Å². The number of methoxy groups -OCH3 is 1. The molecule has 0 saturated heterocycles. The van der Waals surface area contributed by atoms with Gasteiger partial charge in [-0.15, -0.1) is 27.8 Å². The van der Waals surface area contributed by atoms with Crippen LogP contribution in [-0.4, -0.2) is 39.4 Å². The number of hydrogen-bond donors (Lipinski definition) is 0. The topological polar surface area (TPSA) is 111 Å². The van der Waals surface area contributed by atoms with Gasteiger partial charge in [0.1, 0.15) is 29.5 Å². The molecule has 0 saturated carbocycles. The number of nitrogens with zero attached hydrogens (tertiary/aromatic N) is 4. The third-order valence-corrected chi connectivity index (χ3v) is 9.25. The predicted molar refractivity (Wildman–Crippen MR) is 186 cm³/mol. The van der Waals surface area contributed by atoms with Crippen LogP contribution in [0, 0.1) is 6.92 Å². The number of esters is 1. The lowest BCUT2D eigenvalue weighted by Crippen LogP contribution is -2.02. The summed E-state index contributed by atoms with van der Waals surface area (Å²) in [5.41, 5.74) is 4.19. The molecule has 0 bridgehead atoms. The van der Waals surface area contributed by atoms with Crippen LogP contribution in [0.3, 0.4) is 0 Å². The fourth-order valence-electron chi connectivity index (χ4n) is 4.70. The average molecular weight is 683 g/mol. The number of thiophene rings is 1. The minimum absolute atomic E-state index is 0.170. The first-order valence-electron chi connectivity index (χ1n) is 15.4. The summed E-state index contributed by atoms with van der Waals surface area (Å²) in [7, 11) is 1.59. The average Bonchev–Trinajstić information content (AvgIpc) is 3.93. The molecule has 6 rings (SSSR count). The zero-order valence-electron chi connectivity index (χ0n) is 27.0. The number of aryl methyl sites for hydroxylation is 2. The number of oxazole rings is 1. The number of benzene rings is 2. The van der Waals surface area contributed by atoms with Gasteiger partial charge in [-0.3, -0.25) is 0 Å². The van der Waals surface area contributed by atoms with Gasteiger partial charge in [0.25, 0.3) is 0 Å². The molecule has 48 heavy (non-hydrogen) atoms. The van der Waals surface area contributed by atoms with E-state index < -0.39 is 0 Å². The molecule has 246 valence electrons. The third kappa shape index (κ3) is 7.67. The van der Waals surface area contributed by atoms with Crippen molar-refractivity contribution in [1.29, 1.82) is 0 Å². The molecule has 0 unspecified atom stereocenters. The van der Waals surface area contributed by atoms with Crippen molar-refractivity contribution in [3.63, 3.8) is 0 Å². The number of thiazole rings is 1. The zero-order chi connectivity index (χ0) is 33.5. The van der Waals surface area contributed by atoms with Gasteiger partial charge in [0.05, 0.1) is 40.5 Å². The number of carbonyl (C=O) groups excluding carboxylic acids is 1. The van der Waals surface area contributed by atoms with Crippen LogP contribution in [0.1, 0.15) is 56.8 Å². The second kappa shape index (κ2) is 15.1. The third-order valence-electron chi connectivity index (χ3n) is 7.19. The first-order chi connectivity index (χ1) is 23.4. The molecule has 10 nitrogen and oxygen atoms in total. The number of para-hydroxylation sites is 1. The Hall–Kier alpha value is -5.20. The van der Waals surface area contributed by atoms with Crippen molar-refractivity contribution < 1.29 is 28.2 Å². The van der Waals surface area contributed by atoms with Gasteiger partial charge < -0.3 is 23.4 Å². The first-order valence-corrected chi connectivity index (χ1v) is 17.1. The SMILES string of the molecule is CCOC(=O)c1ccc(-c2nc(COc3ccc(COc4nn(-c5ccccc5)cc4C=Cc4csc(CC)n4)cc3OC)c(C)o2)s1. The van der Waals surface area contributed by atoms with E-state index in [1.807, 2.05) is 79.2 Å². The fraction of sp³-hybridized carbons (Fsp3) is 0.222. The van der Waals surface area contributed by atoms with Crippen molar-refractivity contribution in [3.05, 3.63) is 110 Å². The highest BCUT2D eigenvalue weighted by molar-refractivity contribution is 7.17. The first kappa shape index (κ1) is 32.7. The van der Waals surface area contributed by atoms with E-state index in [4.69, 9.17) is 28.5 Å². The van der Waals surface area contributed by atoms with Crippen LogP contribution in [0.4, 0.5) is 0 Å². The van der Waals surface area contributed by atoms with Crippen molar-refractivity contribution in [2.45, 2.75) is 40.4 Å². The lowest BCUT2D eigenvalue weighted by Gasteiger charge is -2.12. The van der Waals surface area contributed by atoms with Crippen LogP contribution in [0.5, 0.6) is 17.4 Å². The molecule has 0 fully saturated rings. The molecule has 12 heteroatoms. The smallest absolute Gasteiger partial charge is 0.348 e. The van der Waals surface area contributed by atoms with E-state index in [0.717, 1.165) is 38.8 Å². The van der Waals surface area contributed by atoms with Gasteiger partial charge in [0.15, 0.2) is 11.5 Å². The lowest BCUT2D eigenvalue weighted by molar-refractivity contribution is 0.0532. The zero-order valence-corrected chi connectivity index (χ0v) is 28.6. The lowest BCUT2D eigenvalue weighted by atomic mass is 10.2. The van der Waals surface area contributed by atoms with Gasteiger partial charge in [-0.1, -0.05) is 31.2 Å². The molecule has 4 heterocycles. The standard InChI is InChI=1S/C36H34N4O6S2/c1-5-33-37-26(22-47-33)14-13-25-19-40(27-10-8-7-9-11-27)39-34(25)45-20-24-12-15-29(30(18-24)42-4)44-21-28-23(3)46-35(38-28)31-16-17-32(48-31)36(41)43-6-2/h7-19,22H,5-6,20-21H2,1-4H3. The second-order valence-electron chi connectivity index (χ2n) is 10.5. The summed E-state index contributed by atoms with van der Waals surface area (Å²) in [6, 6.07) is 19.1. The molecule has 0 amide bonds. The normalized spacial score (nSPS) is 11.2. The molecule has 0 aliphatic heterocycles. The van der Waals surface area contributed by atoms with E-state index in [9.17, 15) is 4.79 Å². The molecule has 6 aromatic rings. The summed E-state index contributed by atoms with van der Waals surface area (Å²) in [6.07, 6.45) is 6.80. The van der Waals surface area contributed by atoms with E-state index in [1.54, 1.807) is 42.2 Å². The van der Waals surface area contributed by atoms with E-state index in [-0.39, 0.29) is 19.2 Å². The number of carbonyl (C=O) groups is 1. The van der Waals surface area contributed by atoms with E-state index in [2.05, 4.69) is 16.9 Å². The fourth-order valence-corrected chi connectivity index (χ4v) is 6.24. The van der Waals surface area contributed by atoms with Crippen LogP contribution >= 0.6 is 22.7 Å². The van der Waals surface area contributed by atoms with E-state index >= 15 is 0 Å². The molecular formula is C36H34N4O6S2. The van der Waals surface area contributed by atoms with Crippen molar-refractivity contribution >= 4 is 40.8 Å². The Bertz CT molecular complexity index is 2020. The molecule has 0 atom stereocenters. The maximum Gasteiger partial charge on any atom is 0.348 e. The maximum atomic E-state index is 12.1. The van der Waals surface area contributed by atoms with Gasteiger partial charge in [0, 0.05) is 11.6 Å². The Labute approximate surface area is 286 Å². The molecule has 0 aliphatic rings. The summed E-state index contributed by atoms with van der Waals surface area (Å²) >= 11 is 2.92. The molecule has 0 radical (unpaired) electrons. The van der Waals surface area contributed by atoms with Gasteiger partial charge in [0.2, 0.25) is 11.8 Å². The number of rotatable bonds is 14. The van der Waals surface area contributed by atoms with Crippen molar-refractivity contribution in [2.24, 2.45) is 0 Å². The molecular weight excluding hydrogens is 649 g/mol. The van der Waals surface area contributed by atoms with E-state index in [0.29, 0.717) is 46.2 Å². The highest BCUT2D eigenvalue weighted by Gasteiger charge is 2.18. The molecule has 0 spiro atoms. The van der Waals surface area contributed by atoms with Gasteiger partial charge in [-0.2, -0.15) is 0 Å². The second-order valence-corrected chi connectivity index (χ2v) is 12.5. The van der Waals surface area contributed by atoms with Gasteiger partial charge in [-0.25, -0.2) is 19.4 Å². The molecule has 0 N–H and O–H groups in total. The number of hydrogen-bond acceptors (Lipinski definition) is 11. The van der Waals surface area contributed by atoms with E-state index in [1.165, 1.54) is 11.3 Å². The highest BCUT2D eigenvalue weighted by Crippen LogP contribution is 2.32. The van der Waals surface area contributed by atoms with Crippen molar-refractivity contribution in [2.75, 3.05) is 13.7 Å². The Morgan fingerprint density at radius 3 is 2.60 bits per heavy atom. The number of aromatic nitrogens is 4. The Morgan fingerprint density at radius 2 is 1.83 bits per heavy atom. The summed E-state index contributed by atoms with van der Waals surface area (Å²) in [5.74, 6) is 2.29. The number of ether oxygens (including phenoxy) is 4. The van der Waals surface area contributed by atoms with Crippen molar-refractivity contribution in [3.8, 4) is 33.8 Å². The molecule has 4 aromatic heterocycles. The molecule has 2 aromatic carbocycles. The summed E-state index contributed by atoms with van der Waals surface area (Å²) < 4.78 is 30.8.